The van der Waals surface area contributed by atoms with E-state index in [1.807, 2.05) is 59.8 Å². The lowest BCUT2D eigenvalue weighted by Gasteiger charge is -2.11. The number of hydrogen-bond acceptors (Lipinski definition) is 4. The third kappa shape index (κ3) is 6.48. The molecule has 5 N–H and O–H groups in total. The number of rotatable bonds is 11. The molecule has 0 aliphatic carbocycles. The number of H-pyrrole nitrogens is 2. The van der Waals surface area contributed by atoms with Crippen molar-refractivity contribution in [2.75, 3.05) is 0 Å². The largest absolute Gasteiger partial charge is 0.481 e. The fourth-order valence-electron chi connectivity index (χ4n) is 6.09. The maximum Gasteiger partial charge on any atom is 0.303 e. The van der Waals surface area contributed by atoms with Crippen LogP contribution in [0.4, 0.5) is 0 Å². The molecule has 10 heteroatoms. The number of aliphatic carboxylic acids is 2. The topological polar surface area (TPSA) is 165 Å². The van der Waals surface area contributed by atoms with E-state index in [0.717, 1.165) is 51.0 Å². The number of nitrogens with one attached hydrogen (secondary N) is 3. The zero-order valence-corrected chi connectivity index (χ0v) is 25.6. The van der Waals surface area contributed by atoms with E-state index < -0.39 is 11.9 Å². The number of aromatic nitrogens is 2. The molecule has 0 spiro atoms. The molecule has 43 heavy (non-hydrogen) atoms. The molecule has 2 atom stereocenters. The summed E-state index contributed by atoms with van der Waals surface area (Å²) in [6.07, 6.45) is 7.48. The summed E-state index contributed by atoms with van der Waals surface area (Å²) in [6.45, 7) is 11.6. The van der Waals surface area contributed by atoms with Crippen LogP contribution in [0, 0.1) is 25.7 Å². The number of carboxylic acid groups (broad SMARTS) is 2. The normalized spacial score (nSPS) is 20.5. The number of carbonyl (C=O) groups excluding carboxylic acids is 2. The highest BCUT2D eigenvalue weighted by atomic mass is 16.4. The molecule has 4 heterocycles. The van der Waals surface area contributed by atoms with E-state index in [1.165, 1.54) is 0 Å². The van der Waals surface area contributed by atoms with Crippen molar-refractivity contribution in [2.24, 2.45) is 16.8 Å². The number of aliphatic imine (C=N–C) groups is 1. The van der Waals surface area contributed by atoms with Gasteiger partial charge in [0.2, 0.25) is 5.91 Å². The standard InChI is InChI=1S/C33H40N4O6/c1-7-20-19(6)32(42)37-27(20)14-25-18(5)23(10-12-31(40)41)29(35-25)15-28-22(9-11-30(38)39)17(4)24(34-28)13-26-16(3)21(8-2)33(43)36-26/h13-15,19-20,34-35H,7-12H2,1-6H3,(H,37,42)(H,38,39)(H,40,41)/b24-13?,27-14-,28-15?/t19-,20-/m1/s1. The Labute approximate surface area is 250 Å². The van der Waals surface area contributed by atoms with Gasteiger partial charge in [-0.2, -0.15) is 0 Å². The molecule has 4 rings (SSSR count). The first-order valence-corrected chi connectivity index (χ1v) is 14.8. The van der Waals surface area contributed by atoms with Crippen molar-refractivity contribution in [3.05, 3.63) is 61.2 Å². The predicted molar refractivity (Wildman–Crippen MR) is 165 cm³/mol. The SMILES string of the molecule is CCC1=C(C)C(C=c2[nH]c(=Cc3[nH]c(/C=C4\NC(=O)[C@H](C)[C@H]4CC)c(C)c3CCC(=O)O)c(CCC(=O)O)c2C)=NC1=O. The molecule has 0 radical (unpaired) electrons. The summed E-state index contributed by atoms with van der Waals surface area (Å²) in [7, 11) is 0. The van der Waals surface area contributed by atoms with E-state index in [1.54, 1.807) is 0 Å². The van der Waals surface area contributed by atoms with Crippen LogP contribution in [-0.4, -0.2) is 49.6 Å². The van der Waals surface area contributed by atoms with Crippen molar-refractivity contribution < 1.29 is 29.4 Å². The molecular weight excluding hydrogens is 548 g/mol. The van der Waals surface area contributed by atoms with Gasteiger partial charge in [-0.1, -0.05) is 20.8 Å². The quantitative estimate of drug-likeness (QED) is 0.270. The van der Waals surface area contributed by atoms with Gasteiger partial charge < -0.3 is 25.5 Å². The van der Waals surface area contributed by atoms with Gasteiger partial charge in [0.05, 0.1) is 5.71 Å². The van der Waals surface area contributed by atoms with Crippen molar-refractivity contribution in [3.63, 3.8) is 0 Å². The smallest absolute Gasteiger partial charge is 0.303 e. The summed E-state index contributed by atoms with van der Waals surface area (Å²) in [4.78, 5) is 58.8. The zero-order chi connectivity index (χ0) is 31.6. The summed E-state index contributed by atoms with van der Waals surface area (Å²) >= 11 is 0. The first-order chi connectivity index (χ1) is 20.4. The predicted octanol–water partition coefficient (Wildman–Crippen LogP) is 3.44. The molecule has 228 valence electrons. The van der Waals surface area contributed by atoms with Gasteiger partial charge in [0.25, 0.3) is 5.91 Å². The molecule has 10 nitrogen and oxygen atoms in total. The molecule has 2 amide bonds. The fraction of sp³-hybridized carbons (Fsp3) is 0.424. The third-order valence-electron chi connectivity index (χ3n) is 8.74. The summed E-state index contributed by atoms with van der Waals surface area (Å²) in [5.41, 5.74) is 7.79. The Morgan fingerprint density at radius 3 is 2.09 bits per heavy atom. The van der Waals surface area contributed by atoms with Crippen molar-refractivity contribution >= 4 is 47.7 Å². The summed E-state index contributed by atoms with van der Waals surface area (Å²) < 4.78 is 0. The highest BCUT2D eigenvalue weighted by Gasteiger charge is 2.34. The number of amides is 2. The van der Waals surface area contributed by atoms with Crippen LogP contribution in [0.1, 0.15) is 87.0 Å². The van der Waals surface area contributed by atoms with Crippen LogP contribution in [0.15, 0.2) is 21.8 Å². The molecular formula is C33H40N4O6. The van der Waals surface area contributed by atoms with Crippen LogP contribution < -0.4 is 16.0 Å². The van der Waals surface area contributed by atoms with Crippen molar-refractivity contribution in [3.8, 4) is 0 Å². The van der Waals surface area contributed by atoms with Crippen molar-refractivity contribution in [1.82, 2.24) is 15.3 Å². The Kier molecular flexibility index (Phi) is 9.37. The molecule has 1 fully saturated rings. The molecule has 2 aromatic heterocycles. The molecule has 0 bridgehead atoms. The van der Waals surface area contributed by atoms with Crippen molar-refractivity contribution in [2.45, 2.75) is 80.1 Å². The van der Waals surface area contributed by atoms with Gasteiger partial charge in [-0.05, 0) is 92.5 Å². The minimum Gasteiger partial charge on any atom is -0.481 e. The van der Waals surface area contributed by atoms with Gasteiger partial charge in [-0.25, -0.2) is 4.99 Å². The lowest BCUT2D eigenvalue weighted by Crippen LogP contribution is -2.16. The minimum absolute atomic E-state index is 0.0152. The Bertz CT molecular complexity index is 1720. The summed E-state index contributed by atoms with van der Waals surface area (Å²) in [5.74, 6) is -2.15. The average molecular weight is 589 g/mol. The third-order valence-corrected chi connectivity index (χ3v) is 8.74. The van der Waals surface area contributed by atoms with Gasteiger partial charge in [-0.3, -0.25) is 19.2 Å². The Morgan fingerprint density at radius 2 is 1.51 bits per heavy atom. The molecule has 2 aliphatic rings. The van der Waals surface area contributed by atoms with Gasteiger partial charge in [0.1, 0.15) is 0 Å². The fourth-order valence-corrected chi connectivity index (χ4v) is 6.09. The minimum atomic E-state index is -0.917. The molecule has 0 aromatic carbocycles. The van der Waals surface area contributed by atoms with Crippen LogP contribution in [0.5, 0.6) is 0 Å². The number of allylic oxidation sites excluding steroid dienone is 2. The van der Waals surface area contributed by atoms with E-state index in [9.17, 15) is 29.4 Å². The zero-order valence-electron chi connectivity index (χ0n) is 25.6. The van der Waals surface area contributed by atoms with Crippen LogP contribution in [0.3, 0.4) is 0 Å². The number of hydrogen-bond donors (Lipinski definition) is 5. The highest BCUT2D eigenvalue weighted by molar-refractivity contribution is 6.30. The van der Waals surface area contributed by atoms with E-state index in [0.29, 0.717) is 35.2 Å². The van der Waals surface area contributed by atoms with E-state index in [-0.39, 0.29) is 42.9 Å². The van der Waals surface area contributed by atoms with Gasteiger partial charge in [0, 0.05) is 58.0 Å². The lowest BCUT2D eigenvalue weighted by molar-refractivity contribution is -0.138. The Hall–Kier alpha value is -4.47. The monoisotopic (exact) mass is 588 g/mol. The van der Waals surface area contributed by atoms with Crippen LogP contribution >= 0.6 is 0 Å². The maximum absolute atomic E-state index is 12.4. The van der Waals surface area contributed by atoms with Crippen LogP contribution in [0.25, 0.3) is 18.2 Å². The number of carbonyl (C=O) groups is 4. The summed E-state index contributed by atoms with van der Waals surface area (Å²) in [6, 6.07) is 0. The van der Waals surface area contributed by atoms with Crippen LogP contribution in [0.2, 0.25) is 0 Å². The second-order valence-corrected chi connectivity index (χ2v) is 11.3. The van der Waals surface area contributed by atoms with Gasteiger partial charge in [-0.15, -0.1) is 0 Å². The Morgan fingerprint density at radius 1 is 0.860 bits per heavy atom. The Balaban J connectivity index is 1.90. The van der Waals surface area contributed by atoms with E-state index in [4.69, 9.17) is 0 Å². The number of aromatic amines is 2. The van der Waals surface area contributed by atoms with E-state index >= 15 is 0 Å². The van der Waals surface area contributed by atoms with Gasteiger partial charge in [0.15, 0.2) is 0 Å². The average Bonchev–Trinajstić information content (AvgIpc) is 3.59. The van der Waals surface area contributed by atoms with Gasteiger partial charge >= 0.3 is 11.9 Å². The second kappa shape index (κ2) is 12.8. The molecule has 2 aliphatic heterocycles. The second-order valence-electron chi connectivity index (χ2n) is 11.3. The molecule has 0 saturated carbocycles. The number of carboxylic acids is 2. The summed E-state index contributed by atoms with van der Waals surface area (Å²) in [5, 5.41) is 23.3. The van der Waals surface area contributed by atoms with Crippen molar-refractivity contribution in [1.29, 1.82) is 0 Å². The first kappa shape index (κ1) is 31.5. The first-order valence-electron chi connectivity index (χ1n) is 14.8. The van der Waals surface area contributed by atoms with Crippen LogP contribution in [-0.2, 0) is 32.0 Å². The highest BCUT2D eigenvalue weighted by Crippen LogP contribution is 2.32. The number of nitrogens with zero attached hydrogens (tertiary/aromatic N) is 1. The lowest BCUT2D eigenvalue weighted by atomic mass is 9.92. The maximum atomic E-state index is 12.4. The molecule has 0 unspecified atom stereocenters. The molecule has 1 saturated heterocycles. The van der Waals surface area contributed by atoms with E-state index in [2.05, 4.69) is 20.3 Å². The molecule has 2 aromatic rings.